The number of furan rings is 1. The number of hydrogen-bond acceptors (Lipinski definition) is 4. The van der Waals surface area contributed by atoms with Crippen LogP contribution in [0, 0.1) is 6.92 Å². The van der Waals surface area contributed by atoms with Gasteiger partial charge in [-0.2, -0.15) is 0 Å². The van der Waals surface area contributed by atoms with E-state index in [9.17, 15) is 0 Å². The Balaban J connectivity index is 1.25. The van der Waals surface area contributed by atoms with Crippen molar-refractivity contribution in [3.8, 4) is 0 Å². The van der Waals surface area contributed by atoms with Crippen molar-refractivity contribution in [3.63, 3.8) is 0 Å². The van der Waals surface area contributed by atoms with Crippen molar-refractivity contribution in [3.05, 3.63) is 71.1 Å². The first-order valence-electron chi connectivity index (χ1n) is 10.2. The summed E-state index contributed by atoms with van der Waals surface area (Å²) in [6, 6.07) is 14.5. The summed E-state index contributed by atoms with van der Waals surface area (Å²) in [6.45, 7) is 7.37. The van der Waals surface area contributed by atoms with Crippen molar-refractivity contribution in [2.24, 2.45) is 0 Å². The molecule has 0 spiro atoms. The zero-order valence-corrected chi connectivity index (χ0v) is 17.3. The fraction of sp³-hybridized carbons (Fsp3) is 0.292. The average Bonchev–Trinajstić information content (AvgIpc) is 3.14. The molecule has 1 aliphatic rings. The molecular weight excluding hydrogens is 382 g/mol. The number of hydrogen-bond donors (Lipinski definition) is 0. The Morgan fingerprint density at radius 1 is 1.07 bits per heavy atom. The second-order valence-electron chi connectivity index (χ2n) is 7.84. The smallest absolute Gasteiger partial charge is 0.135 e. The molecule has 3 heterocycles. The lowest BCUT2D eigenvalue weighted by atomic mass is 10.1. The molecule has 1 aliphatic heterocycles. The van der Waals surface area contributed by atoms with Crippen LogP contribution in [0.5, 0.6) is 0 Å². The van der Waals surface area contributed by atoms with Crippen LogP contribution in [-0.4, -0.2) is 42.6 Å². The van der Waals surface area contributed by atoms with E-state index in [0.29, 0.717) is 5.02 Å². The topological polar surface area (TPSA) is 32.5 Å². The van der Waals surface area contributed by atoms with Crippen molar-refractivity contribution in [2.45, 2.75) is 13.3 Å². The number of aryl methyl sites for hydroxylation is 1. The maximum absolute atomic E-state index is 6.06. The molecule has 5 heteroatoms. The van der Waals surface area contributed by atoms with Gasteiger partial charge in [0.25, 0.3) is 0 Å². The fourth-order valence-electron chi connectivity index (χ4n) is 4.30. The lowest BCUT2D eigenvalue weighted by molar-refractivity contribution is 0.261. The van der Waals surface area contributed by atoms with Crippen molar-refractivity contribution < 1.29 is 4.42 Å². The minimum absolute atomic E-state index is 0.715. The van der Waals surface area contributed by atoms with Crippen molar-refractivity contribution in [1.29, 1.82) is 0 Å². The van der Waals surface area contributed by atoms with Gasteiger partial charge in [0.1, 0.15) is 5.58 Å². The molecule has 1 fully saturated rings. The van der Waals surface area contributed by atoms with E-state index in [2.05, 4.69) is 46.0 Å². The van der Waals surface area contributed by atoms with Gasteiger partial charge in [-0.25, -0.2) is 0 Å². The molecular formula is C24H24ClN3O. The third-order valence-corrected chi connectivity index (χ3v) is 6.09. The van der Waals surface area contributed by atoms with E-state index in [4.69, 9.17) is 16.0 Å². The lowest BCUT2D eigenvalue weighted by Gasteiger charge is -2.36. The highest BCUT2D eigenvalue weighted by Crippen LogP contribution is 2.28. The zero-order valence-electron chi connectivity index (χ0n) is 16.6. The van der Waals surface area contributed by atoms with E-state index in [0.717, 1.165) is 50.2 Å². The molecule has 4 aromatic rings. The van der Waals surface area contributed by atoms with Gasteiger partial charge in [-0.15, -0.1) is 0 Å². The van der Waals surface area contributed by atoms with Gasteiger partial charge < -0.3 is 9.32 Å². The summed E-state index contributed by atoms with van der Waals surface area (Å²) in [5.74, 6) is 0. The summed E-state index contributed by atoms with van der Waals surface area (Å²) in [5.41, 5.74) is 5.78. The molecule has 1 saturated heterocycles. The van der Waals surface area contributed by atoms with Crippen LogP contribution in [0.25, 0.3) is 21.9 Å². The molecule has 0 amide bonds. The molecule has 0 aliphatic carbocycles. The molecule has 148 valence electrons. The van der Waals surface area contributed by atoms with E-state index in [1.165, 1.54) is 27.6 Å². The second-order valence-corrected chi connectivity index (χ2v) is 8.28. The minimum Gasteiger partial charge on any atom is -0.464 e. The Hall–Kier alpha value is -2.56. The maximum Gasteiger partial charge on any atom is 0.135 e. The molecule has 5 rings (SSSR count). The van der Waals surface area contributed by atoms with Crippen LogP contribution in [0.3, 0.4) is 0 Å². The number of rotatable bonds is 4. The predicted octanol–water partition coefficient (Wildman–Crippen LogP) is 5.31. The van der Waals surface area contributed by atoms with Crippen molar-refractivity contribution >= 4 is 39.2 Å². The highest BCUT2D eigenvalue weighted by atomic mass is 35.5. The number of benzene rings is 2. The van der Waals surface area contributed by atoms with Crippen LogP contribution in [0.15, 0.2) is 59.3 Å². The fourth-order valence-corrected chi connectivity index (χ4v) is 4.46. The van der Waals surface area contributed by atoms with E-state index in [1.807, 2.05) is 30.7 Å². The van der Waals surface area contributed by atoms with Gasteiger partial charge >= 0.3 is 0 Å². The van der Waals surface area contributed by atoms with E-state index in [1.54, 1.807) is 0 Å². The third-order valence-electron chi connectivity index (χ3n) is 5.86. The molecule has 4 nitrogen and oxygen atoms in total. The monoisotopic (exact) mass is 405 g/mol. The Labute approximate surface area is 175 Å². The molecule has 2 aromatic carbocycles. The Morgan fingerprint density at radius 3 is 2.79 bits per heavy atom. The lowest BCUT2D eigenvalue weighted by Crippen LogP contribution is -2.47. The zero-order chi connectivity index (χ0) is 19.8. The van der Waals surface area contributed by atoms with Crippen LogP contribution < -0.4 is 4.90 Å². The number of pyridine rings is 1. The summed E-state index contributed by atoms with van der Waals surface area (Å²) in [7, 11) is 0. The van der Waals surface area contributed by atoms with Gasteiger partial charge in [0, 0.05) is 54.7 Å². The number of halogens is 1. The van der Waals surface area contributed by atoms with Crippen LogP contribution >= 0.6 is 11.6 Å². The molecule has 0 N–H and O–H groups in total. The molecule has 0 saturated carbocycles. The van der Waals surface area contributed by atoms with E-state index >= 15 is 0 Å². The first-order valence-corrected chi connectivity index (χ1v) is 10.5. The van der Waals surface area contributed by atoms with Gasteiger partial charge in [0.2, 0.25) is 0 Å². The Kier molecular flexibility index (Phi) is 4.90. The van der Waals surface area contributed by atoms with E-state index in [-0.39, 0.29) is 0 Å². The number of piperazine rings is 1. The maximum atomic E-state index is 6.06. The molecule has 0 bridgehead atoms. The third kappa shape index (κ3) is 3.70. The first-order chi connectivity index (χ1) is 14.2. The molecule has 29 heavy (non-hydrogen) atoms. The van der Waals surface area contributed by atoms with Crippen LogP contribution in [-0.2, 0) is 6.42 Å². The highest BCUT2D eigenvalue weighted by Gasteiger charge is 2.20. The first kappa shape index (κ1) is 18.5. The predicted molar refractivity (Wildman–Crippen MR) is 120 cm³/mol. The highest BCUT2D eigenvalue weighted by molar-refractivity contribution is 6.31. The second kappa shape index (κ2) is 7.69. The molecule has 0 radical (unpaired) electrons. The number of anilines is 1. The van der Waals surface area contributed by atoms with Crippen LogP contribution in [0.1, 0.15) is 11.1 Å². The van der Waals surface area contributed by atoms with Crippen molar-refractivity contribution in [1.82, 2.24) is 9.88 Å². The quantitative estimate of drug-likeness (QED) is 0.460. The van der Waals surface area contributed by atoms with Crippen LogP contribution in [0.2, 0.25) is 5.02 Å². The number of aromatic nitrogens is 1. The average molecular weight is 406 g/mol. The largest absolute Gasteiger partial charge is 0.464 e. The Morgan fingerprint density at radius 2 is 1.93 bits per heavy atom. The molecule has 2 aromatic heterocycles. The number of fused-ring (bicyclic) bond motifs is 2. The molecule has 0 atom stereocenters. The molecule has 0 unspecified atom stereocenters. The summed E-state index contributed by atoms with van der Waals surface area (Å²) in [6.07, 6.45) is 4.76. The standard InChI is InChI=1S/C24H24ClN3O/c1-17-13-18-3-2-7-26-24(18)22(14-17)28-11-9-27(10-12-28)8-6-19-16-29-23-15-20(25)4-5-21(19)23/h2-5,7,13-16H,6,8-12H2,1H3. The minimum atomic E-state index is 0.715. The van der Waals surface area contributed by atoms with Gasteiger partial charge in [-0.3, -0.25) is 9.88 Å². The van der Waals surface area contributed by atoms with Gasteiger partial charge in [0.15, 0.2) is 0 Å². The van der Waals surface area contributed by atoms with Gasteiger partial charge in [-0.1, -0.05) is 17.7 Å². The van der Waals surface area contributed by atoms with Gasteiger partial charge in [-0.05, 0) is 60.9 Å². The van der Waals surface area contributed by atoms with E-state index < -0.39 is 0 Å². The summed E-state index contributed by atoms with van der Waals surface area (Å²) in [4.78, 5) is 9.67. The summed E-state index contributed by atoms with van der Waals surface area (Å²) >= 11 is 6.06. The van der Waals surface area contributed by atoms with Crippen molar-refractivity contribution in [2.75, 3.05) is 37.6 Å². The Bertz CT molecular complexity index is 1160. The number of nitrogens with zero attached hydrogens (tertiary/aromatic N) is 3. The normalized spacial score (nSPS) is 15.4. The summed E-state index contributed by atoms with van der Waals surface area (Å²) in [5, 5.41) is 3.11. The van der Waals surface area contributed by atoms with Gasteiger partial charge in [0.05, 0.1) is 17.5 Å². The summed E-state index contributed by atoms with van der Waals surface area (Å²) < 4.78 is 5.68. The SMILES string of the molecule is Cc1cc(N2CCN(CCc3coc4cc(Cl)ccc34)CC2)c2ncccc2c1. The van der Waals surface area contributed by atoms with Crippen LogP contribution in [0.4, 0.5) is 5.69 Å².